The van der Waals surface area contributed by atoms with Gasteiger partial charge in [0.2, 0.25) is 0 Å². The van der Waals surface area contributed by atoms with Gasteiger partial charge in [0.25, 0.3) is 0 Å². The molecule has 0 radical (unpaired) electrons. The van der Waals surface area contributed by atoms with Crippen LogP contribution in [0.2, 0.25) is 0 Å². The highest BCUT2D eigenvalue weighted by Crippen LogP contribution is 2.30. The van der Waals surface area contributed by atoms with Crippen LogP contribution < -0.4 is 5.32 Å². The van der Waals surface area contributed by atoms with Gasteiger partial charge in [-0.3, -0.25) is 9.59 Å². The first-order valence-electron chi connectivity index (χ1n) is 5.02. The number of carbonyl (C=O) groups is 2. The van der Waals surface area contributed by atoms with Gasteiger partial charge in [0, 0.05) is 17.3 Å². The molecule has 1 amide bonds. The molecule has 1 unspecified atom stereocenters. The van der Waals surface area contributed by atoms with Crippen LogP contribution in [-0.4, -0.2) is 29.7 Å². The molecule has 1 aromatic rings. The maximum atomic E-state index is 12.0. The quantitative estimate of drug-likeness (QED) is 0.849. The van der Waals surface area contributed by atoms with Gasteiger partial charge < -0.3 is 10.4 Å². The fraction of sp³-hybridized carbons (Fsp3) is 0.400. The summed E-state index contributed by atoms with van der Waals surface area (Å²) in [6.07, 6.45) is -5.32. The lowest BCUT2D eigenvalue weighted by Gasteiger charge is -2.15. The van der Waals surface area contributed by atoms with E-state index in [2.05, 4.69) is 15.9 Å². The number of alkyl halides is 3. The molecule has 9 heteroatoms. The van der Waals surface area contributed by atoms with Crippen LogP contribution in [0.3, 0.4) is 0 Å². The first kappa shape index (κ1) is 16.0. The minimum Gasteiger partial charge on any atom is -0.481 e. The molecule has 4 nitrogen and oxygen atoms in total. The zero-order chi connectivity index (χ0) is 14.6. The third-order valence-corrected chi connectivity index (χ3v) is 3.97. The van der Waals surface area contributed by atoms with Crippen molar-refractivity contribution in [2.45, 2.75) is 18.5 Å². The number of nitrogens with one attached hydrogen (secondary N) is 1. The van der Waals surface area contributed by atoms with E-state index in [-0.39, 0.29) is 13.0 Å². The number of thiophene rings is 1. The van der Waals surface area contributed by atoms with E-state index in [9.17, 15) is 22.8 Å². The van der Waals surface area contributed by atoms with Crippen molar-refractivity contribution in [2.24, 2.45) is 0 Å². The van der Waals surface area contributed by atoms with E-state index < -0.39 is 24.0 Å². The van der Waals surface area contributed by atoms with Gasteiger partial charge in [-0.2, -0.15) is 13.2 Å². The number of hydrogen-bond donors (Lipinski definition) is 2. The van der Waals surface area contributed by atoms with Gasteiger partial charge >= 0.3 is 18.1 Å². The number of hydrogen-bond acceptors (Lipinski definition) is 3. The Kier molecular flexibility index (Phi) is 5.36. The minimum atomic E-state index is -4.97. The Morgan fingerprint density at radius 2 is 2.05 bits per heavy atom. The summed E-state index contributed by atoms with van der Waals surface area (Å²) in [4.78, 5) is 22.0. The lowest BCUT2D eigenvalue weighted by molar-refractivity contribution is -0.173. The summed E-state index contributed by atoms with van der Waals surface area (Å²) in [5, 5.41) is 10.4. The summed E-state index contributed by atoms with van der Waals surface area (Å²) in [6.45, 7) is -0.377. The average molecular weight is 360 g/mol. The molecule has 0 spiro atoms. The molecule has 1 rings (SSSR count). The third-order valence-electron chi connectivity index (χ3n) is 2.18. The smallest absolute Gasteiger partial charge is 0.471 e. The van der Waals surface area contributed by atoms with Crippen LogP contribution in [0.25, 0.3) is 0 Å². The highest BCUT2D eigenvalue weighted by molar-refractivity contribution is 9.11. The Morgan fingerprint density at radius 1 is 1.42 bits per heavy atom. The zero-order valence-electron chi connectivity index (χ0n) is 9.33. The van der Waals surface area contributed by atoms with Crippen molar-refractivity contribution in [3.63, 3.8) is 0 Å². The van der Waals surface area contributed by atoms with Crippen molar-refractivity contribution in [2.75, 3.05) is 6.54 Å². The summed E-state index contributed by atoms with van der Waals surface area (Å²) in [7, 11) is 0. The number of carbonyl (C=O) groups excluding carboxylic acids is 1. The molecule has 0 aliphatic carbocycles. The number of halogens is 4. The van der Waals surface area contributed by atoms with Crippen molar-refractivity contribution < 1.29 is 27.9 Å². The van der Waals surface area contributed by atoms with E-state index in [4.69, 9.17) is 5.11 Å². The molecule has 0 aromatic carbocycles. The molecule has 0 aliphatic heterocycles. The van der Waals surface area contributed by atoms with Crippen LogP contribution in [0.4, 0.5) is 13.2 Å². The molecule has 106 valence electrons. The Hall–Kier alpha value is -1.09. The molecule has 0 saturated heterocycles. The second kappa shape index (κ2) is 6.38. The molecule has 0 saturated carbocycles. The van der Waals surface area contributed by atoms with Gasteiger partial charge in [0.05, 0.1) is 10.2 Å². The predicted molar refractivity (Wildman–Crippen MR) is 66.1 cm³/mol. The Bertz CT molecular complexity index is 475. The lowest BCUT2D eigenvalue weighted by atomic mass is 10.0. The number of aliphatic carboxylic acids is 1. The lowest BCUT2D eigenvalue weighted by Crippen LogP contribution is -2.39. The average Bonchev–Trinajstić information content (AvgIpc) is 2.68. The SMILES string of the molecule is O=C(O)CC(CNC(=O)C(F)(F)F)c1ccc(Br)s1. The van der Waals surface area contributed by atoms with Crippen molar-refractivity contribution in [3.8, 4) is 0 Å². The summed E-state index contributed by atoms with van der Waals surface area (Å²) >= 11 is 4.40. The van der Waals surface area contributed by atoms with Crippen molar-refractivity contribution in [1.29, 1.82) is 0 Å². The monoisotopic (exact) mass is 359 g/mol. The summed E-state index contributed by atoms with van der Waals surface area (Å²) < 4.78 is 36.8. The van der Waals surface area contributed by atoms with Crippen LogP contribution in [0.15, 0.2) is 15.9 Å². The van der Waals surface area contributed by atoms with Crippen LogP contribution in [0, 0.1) is 0 Å². The summed E-state index contributed by atoms with van der Waals surface area (Å²) in [5.41, 5.74) is 0. The van der Waals surface area contributed by atoms with Crippen LogP contribution in [-0.2, 0) is 9.59 Å². The molecule has 19 heavy (non-hydrogen) atoms. The molecule has 0 aliphatic rings. The number of rotatable bonds is 5. The molecule has 1 atom stereocenters. The van der Waals surface area contributed by atoms with Gasteiger partial charge in [0.1, 0.15) is 0 Å². The van der Waals surface area contributed by atoms with E-state index in [1.165, 1.54) is 11.3 Å². The number of amides is 1. The fourth-order valence-corrected chi connectivity index (χ4v) is 2.87. The van der Waals surface area contributed by atoms with Crippen LogP contribution >= 0.6 is 27.3 Å². The second-order valence-corrected chi connectivity index (χ2v) is 6.14. The molecule has 1 heterocycles. The molecule has 0 bridgehead atoms. The normalized spacial score (nSPS) is 13.1. The predicted octanol–water partition coefficient (Wildman–Crippen LogP) is 2.75. The fourth-order valence-electron chi connectivity index (χ4n) is 1.35. The molecule has 2 N–H and O–H groups in total. The summed E-state index contributed by atoms with van der Waals surface area (Å²) in [6, 6.07) is 3.28. The van der Waals surface area contributed by atoms with E-state index in [1.54, 1.807) is 17.4 Å². The number of carboxylic acids is 1. The zero-order valence-corrected chi connectivity index (χ0v) is 11.7. The Morgan fingerprint density at radius 3 is 2.47 bits per heavy atom. The maximum Gasteiger partial charge on any atom is 0.471 e. The summed E-state index contributed by atoms with van der Waals surface area (Å²) in [5.74, 6) is -3.91. The topological polar surface area (TPSA) is 66.4 Å². The van der Waals surface area contributed by atoms with Crippen molar-refractivity contribution in [1.82, 2.24) is 5.32 Å². The first-order valence-corrected chi connectivity index (χ1v) is 6.63. The third kappa shape index (κ3) is 5.19. The van der Waals surface area contributed by atoms with E-state index >= 15 is 0 Å². The number of carboxylic acid groups (broad SMARTS) is 1. The molecule has 1 aromatic heterocycles. The standard InChI is InChI=1S/C10H9BrF3NO3S/c11-7-2-1-6(19-7)5(3-8(16)17)4-15-9(18)10(12,13)14/h1-2,5H,3-4H2,(H,15,18)(H,16,17). The van der Waals surface area contributed by atoms with Gasteiger partial charge in [-0.25, -0.2) is 0 Å². The Labute approximate surface area is 118 Å². The van der Waals surface area contributed by atoms with Crippen LogP contribution in [0.5, 0.6) is 0 Å². The largest absolute Gasteiger partial charge is 0.481 e. The van der Waals surface area contributed by atoms with Gasteiger partial charge in [-0.05, 0) is 28.1 Å². The molecule has 0 fully saturated rings. The van der Waals surface area contributed by atoms with Gasteiger partial charge in [-0.15, -0.1) is 11.3 Å². The van der Waals surface area contributed by atoms with Crippen molar-refractivity contribution in [3.05, 3.63) is 20.8 Å². The molecular formula is C10H9BrF3NO3S. The second-order valence-electron chi connectivity index (χ2n) is 3.64. The molecular weight excluding hydrogens is 351 g/mol. The maximum absolute atomic E-state index is 12.0. The first-order chi connectivity index (χ1) is 8.70. The van der Waals surface area contributed by atoms with E-state index in [0.717, 1.165) is 3.79 Å². The van der Waals surface area contributed by atoms with Crippen molar-refractivity contribution >= 4 is 39.1 Å². The highest BCUT2D eigenvalue weighted by Gasteiger charge is 2.38. The highest BCUT2D eigenvalue weighted by atomic mass is 79.9. The van der Waals surface area contributed by atoms with Crippen LogP contribution in [0.1, 0.15) is 17.2 Å². The van der Waals surface area contributed by atoms with Gasteiger partial charge in [0.15, 0.2) is 0 Å². The van der Waals surface area contributed by atoms with E-state index in [1.807, 2.05) is 0 Å². The van der Waals surface area contributed by atoms with Gasteiger partial charge in [-0.1, -0.05) is 0 Å². The Balaban J connectivity index is 2.71. The minimum absolute atomic E-state index is 0.356. The van der Waals surface area contributed by atoms with E-state index in [0.29, 0.717) is 4.88 Å².